The van der Waals surface area contributed by atoms with Crippen molar-refractivity contribution in [1.29, 1.82) is 0 Å². The van der Waals surface area contributed by atoms with Crippen LogP contribution in [0.3, 0.4) is 0 Å². The number of thiophene rings is 1. The predicted molar refractivity (Wildman–Crippen MR) is 74.2 cm³/mol. The molecule has 0 saturated carbocycles. The summed E-state index contributed by atoms with van der Waals surface area (Å²) < 4.78 is 5.65. The van der Waals surface area contributed by atoms with Gasteiger partial charge in [0.25, 0.3) is 5.91 Å². The van der Waals surface area contributed by atoms with Crippen molar-refractivity contribution in [3.8, 4) is 0 Å². The molecule has 2 rings (SSSR count). The van der Waals surface area contributed by atoms with Gasteiger partial charge in [-0.05, 0) is 26.3 Å². The molecule has 0 aliphatic carbocycles. The maximum absolute atomic E-state index is 12.4. The minimum atomic E-state index is 0.131. The Labute approximate surface area is 113 Å². The Hall–Kier alpha value is -0.870. The van der Waals surface area contributed by atoms with Gasteiger partial charge in [0.15, 0.2) is 0 Å². The molecule has 1 fully saturated rings. The summed E-state index contributed by atoms with van der Waals surface area (Å²) in [5.41, 5.74) is 0.838. The summed E-state index contributed by atoms with van der Waals surface area (Å²) in [7, 11) is 0. The summed E-state index contributed by atoms with van der Waals surface area (Å²) in [6.45, 7) is 7.59. The minimum absolute atomic E-state index is 0.131. The van der Waals surface area contributed by atoms with Crippen LogP contribution >= 0.6 is 11.3 Å². The molecule has 4 heteroatoms. The molecule has 0 N–H and O–H groups in total. The van der Waals surface area contributed by atoms with Crippen LogP contribution in [-0.2, 0) is 11.2 Å². The van der Waals surface area contributed by atoms with Crippen molar-refractivity contribution in [3.05, 3.63) is 21.9 Å². The molecule has 18 heavy (non-hydrogen) atoms. The maximum atomic E-state index is 12.4. The third-order valence-corrected chi connectivity index (χ3v) is 4.10. The molecule has 2 heterocycles. The van der Waals surface area contributed by atoms with Gasteiger partial charge in [0.1, 0.15) is 0 Å². The average Bonchev–Trinajstić information content (AvgIpc) is 2.76. The zero-order valence-electron chi connectivity index (χ0n) is 11.3. The van der Waals surface area contributed by atoms with E-state index >= 15 is 0 Å². The van der Waals surface area contributed by atoms with E-state index in [0.29, 0.717) is 13.1 Å². The summed E-state index contributed by atoms with van der Waals surface area (Å²) in [5, 5.41) is 1.98. The van der Waals surface area contributed by atoms with E-state index in [2.05, 4.69) is 6.92 Å². The van der Waals surface area contributed by atoms with Crippen LogP contribution in [0.15, 0.2) is 11.4 Å². The number of hydrogen-bond donors (Lipinski definition) is 0. The number of hydrogen-bond acceptors (Lipinski definition) is 3. The fraction of sp³-hybridized carbons (Fsp3) is 0.643. The molecule has 0 bridgehead atoms. The third-order valence-electron chi connectivity index (χ3n) is 3.10. The fourth-order valence-electron chi connectivity index (χ4n) is 2.40. The Morgan fingerprint density at radius 1 is 1.44 bits per heavy atom. The van der Waals surface area contributed by atoms with Gasteiger partial charge in [-0.3, -0.25) is 4.79 Å². The zero-order valence-corrected chi connectivity index (χ0v) is 12.1. The first-order chi connectivity index (χ1) is 8.60. The third kappa shape index (κ3) is 3.12. The summed E-state index contributed by atoms with van der Waals surface area (Å²) in [5.74, 6) is 0.149. The van der Waals surface area contributed by atoms with Crippen molar-refractivity contribution >= 4 is 17.2 Å². The Balaban J connectivity index is 2.05. The average molecular weight is 267 g/mol. The highest BCUT2D eigenvalue weighted by Crippen LogP contribution is 2.20. The molecule has 1 aliphatic heterocycles. The second kappa shape index (κ2) is 5.85. The van der Waals surface area contributed by atoms with Crippen molar-refractivity contribution in [3.63, 3.8) is 0 Å². The lowest BCUT2D eigenvalue weighted by Crippen LogP contribution is -2.48. The van der Waals surface area contributed by atoms with Gasteiger partial charge in [0.05, 0.1) is 17.8 Å². The van der Waals surface area contributed by atoms with E-state index in [1.807, 2.05) is 30.2 Å². The topological polar surface area (TPSA) is 29.5 Å². The molecule has 1 aromatic rings. The van der Waals surface area contributed by atoms with Crippen LogP contribution in [0.5, 0.6) is 0 Å². The van der Waals surface area contributed by atoms with Gasteiger partial charge in [0, 0.05) is 23.3 Å². The molecular weight excluding hydrogens is 246 g/mol. The number of carbonyl (C=O) groups excluding carboxylic acids is 1. The van der Waals surface area contributed by atoms with Gasteiger partial charge in [-0.25, -0.2) is 0 Å². The molecule has 0 spiro atoms. The van der Waals surface area contributed by atoms with Gasteiger partial charge >= 0.3 is 0 Å². The highest BCUT2D eigenvalue weighted by atomic mass is 32.1. The lowest BCUT2D eigenvalue weighted by molar-refractivity contribution is -0.0586. The molecule has 1 amide bonds. The molecular formula is C14H21NO2S. The van der Waals surface area contributed by atoms with E-state index in [4.69, 9.17) is 4.74 Å². The first kappa shape index (κ1) is 13.6. The van der Waals surface area contributed by atoms with Crippen molar-refractivity contribution in [2.24, 2.45) is 0 Å². The smallest absolute Gasteiger partial charge is 0.254 e. The lowest BCUT2D eigenvalue weighted by atomic mass is 10.2. The van der Waals surface area contributed by atoms with Gasteiger partial charge in [-0.15, -0.1) is 11.3 Å². The molecule has 100 valence electrons. The number of carbonyl (C=O) groups is 1. The van der Waals surface area contributed by atoms with Crippen LogP contribution in [0, 0.1) is 0 Å². The Morgan fingerprint density at radius 3 is 2.72 bits per heavy atom. The summed E-state index contributed by atoms with van der Waals surface area (Å²) in [6, 6.07) is 2.04. The largest absolute Gasteiger partial charge is 0.372 e. The number of amides is 1. The van der Waals surface area contributed by atoms with Crippen LogP contribution in [0.25, 0.3) is 0 Å². The zero-order chi connectivity index (χ0) is 13.1. The standard InChI is InChI=1S/C14H21NO2S/c1-4-5-13-6-12(9-18-13)14(16)15-7-10(2)17-11(3)8-15/h6,9-11H,4-5,7-8H2,1-3H3. The second-order valence-corrected chi connectivity index (χ2v) is 6.01. The Kier molecular flexibility index (Phi) is 4.40. The molecule has 3 nitrogen and oxygen atoms in total. The Morgan fingerprint density at radius 2 is 2.11 bits per heavy atom. The monoisotopic (exact) mass is 267 g/mol. The van der Waals surface area contributed by atoms with Crippen molar-refractivity contribution in [1.82, 2.24) is 4.90 Å². The first-order valence-electron chi connectivity index (χ1n) is 6.62. The van der Waals surface area contributed by atoms with E-state index < -0.39 is 0 Å². The SMILES string of the molecule is CCCc1cc(C(=O)N2CC(C)OC(C)C2)cs1. The molecule has 0 radical (unpaired) electrons. The van der Waals surface area contributed by atoms with E-state index in [0.717, 1.165) is 18.4 Å². The fourth-order valence-corrected chi connectivity index (χ4v) is 3.36. The number of rotatable bonds is 3. The Bertz CT molecular complexity index is 406. The normalized spacial score (nSPS) is 24.3. The highest BCUT2D eigenvalue weighted by Gasteiger charge is 2.26. The summed E-state index contributed by atoms with van der Waals surface area (Å²) in [6.07, 6.45) is 2.45. The van der Waals surface area contributed by atoms with Gasteiger partial charge < -0.3 is 9.64 Å². The summed E-state index contributed by atoms with van der Waals surface area (Å²) in [4.78, 5) is 15.6. The molecule has 2 atom stereocenters. The van der Waals surface area contributed by atoms with E-state index in [1.54, 1.807) is 11.3 Å². The minimum Gasteiger partial charge on any atom is -0.372 e. The van der Waals surface area contributed by atoms with E-state index in [9.17, 15) is 4.79 Å². The highest BCUT2D eigenvalue weighted by molar-refractivity contribution is 7.10. The van der Waals surface area contributed by atoms with Crippen LogP contribution in [-0.4, -0.2) is 36.1 Å². The first-order valence-corrected chi connectivity index (χ1v) is 7.50. The van der Waals surface area contributed by atoms with Gasteiger partial charge in [-0.2, -0.15) is 0 Å². The van der Waals surface area contributed by atoms with Crippen molar-refractivity contribution < 1.29 is 9.53 Å². The quantitative estimate of drug-likeness (QED) is 0.842. The second-order valence-electron chi connectivity index (χ2n) is 5.02. The predicted octanol–water partition coefficient (Wildman–Crippen LogP) is 2.95. The van der Waals surface area contributed by atoms with Crippen LogP contribution in [0.1, 0.15) is 42.4 Å². The van der Waals surface area contributed by atoms with Gasteiger partial charge in [-0.1, -0.05) is 13.3 Å². The molecule has 0 aromatic carbocycles. The van der Waals surface area contributed by atoms with Gasteiger partial charge in [0.2, 0.25) is 0 Å². The van der Waals surface area contributed by atoms with Crippen LogP contribution < -0.4 is 0 Å². The number of aryl methyl sites for hydroxylation is 1. The molecule has 1 saturated heterocycles. The molecule has 1 aromatic heterocycles. The number of ether oxygens (including phenoxy) is 1. The van der Waals surface area contributed by atoms with Crippen molar-refractivity contribution in [2.45, 2.75) is 45.8 Å². The van der Waals surface area contributed by atoms with Crippen LogP contribution in [0.2, 0.25) is 0 Å². The number of nitrogens with zero attached hydrogens (tertiary/aromatic N) is 1. The lowest BCUT2D eigenvalue weighted by Gasteiger charge is -2.35. The van der Waals surface area contributed by atoms with E-state index in [-0.39, 0.29) is 18.1 Å². The molecule has 1 aliphatic rings. The van der Waals surface area contributed by atoms with Crippen LogP contribution in [0.4, 0.5) is 0 Å². The van der Waals surface area contributed by atoms with E-state index in [1.165, 1.54) is 4.88 Å². The molecule has 2 unspecified atom stereocenters. The van der Waals surface area contributed by atoms with Crippen molar-refractivity contribution in [2.75, 3.05) is 13.1 Å². The summed E-state index contributed by atoms with van der Waals surface area (Å²) >= 11 is 1.69. The number of morpholine rings is 1. The maximum Gasteiger partial charge on any atom is 0.254 e.